The molecule has 0 aromatic heterocycles. The molecule has 5 heteroatoms. The van der Waals surface area contributed by atoms with E-state index in [1.165, 1.54) is 12.1 Å². The van der Waals surface area contributed by atoms with Crippen LogP contribution in [0.25, 0.3) is 0 Å². The van der Waals surface area contributed by atoms with E-state index in [2.05, 4.69) is 0 Å². The minimum Gasteiger partial charge on any atom is -0.507 e. The van der Waals surface area contributed by atoms with Crippen LogP contribution in [0.15, 0.2) is 18.2 Å². The van der Waals surface area contributed by atoms with E-state index in [4.69, 9.17) is 10.2 Å². The van der Waals surface area contributed by atoms with Crippen molar-refractivity contribution in [2.45, 2.75) is 6.61 Å². The number of rotatable bonds is 2. The fraction of sp³-hybridized carbons (Fsp3) is 0.143. The summed E-state index contributed by atoms with van der Waals surface area (Å²) < 4.78 is 0. The Morgan fingerprint density at radius 2 is 2.25 bits per heavy atom. The molecule has 1 aromatic rings. The molecule has 0 aliphatic heterocycles. The van der Waals surface area contributed by atoms with Crippen LogP contribution in [-0.4, -0.2) is 15.1 Å². The minimum absolute atomic E-state index is 0.190. The Hall–Kier alpha value is -1.62. The first-order chi connectivity index (χ1) is 5.65. The maximum absolute atomic E-state index is 10.2. The zero-order valence-electron chi connectivity index (χ0n) is 6.10. The van der Waals surface area contributed by atoms with Crippen molar-refractivity contribution in [1.29, 1.82) is 0 Å². The fourth-order valence-electron chi connectivity index (χ4n) is 0.800. The maximum atomic E-state index is 10.2. The molecule has 0 unspecified atom stereocenters. The molecule has 2 N–H and O–H groups in total. The van der Waals surface area contributed by atoms with Gasteiger partial charge in [0.1, 0.15) is 5.75 Å². The number of nitro benzene ring substituents is 1. The van der Waals surface area contributed by atoms with Gasteiger partial charge in [0.05, 0.1) is 17.6 Å². The van der Waals surface area contributed by atoms with Gasteiger partial charge in [-0.15, -0.1) is 0 Å². The van der Waals surface area contributed by atoms with Gasteiger partial charge in [-0.3, -0.25) is 10.1 Å². The Balaban J connectivity index is 3.10. The molecule has 0 amide bonds. The molecule has 1 aromatic carbocycles. The number of aromatic hydroxyl groups is 1. The van der Waals surface area contributed by atoms with E-state index >= 15 is 0 Å². The van der Waals surface area contributed by atoms with E-state index < -0.39 is 4.92 Å². The zero-order chi connectivity index (χ0) is 9.14. The van der Waals surface area contributed by atoms with Crippen LogP contribution in [0.3, 0.4) is 0 Å². The highest BCUT2D eigenvalue weighted by Crippen LogP contribution is 2.22. The molecule has 0 aliphatic carbocycles. The summed E-state index contributed by atoms with van der Waals surface area (Å²) in [5.41, 5.74) is 0.0882. The standard InChI is InChI=1S/C7H7NO4/c9-4-5-1-2-6(8(11)12)3-7(5)10/h1-3,9-10H,4H2/i9+2. The smallest absolute Gasteiger partial charge is 0.273 e. The van der Waals surface area contributed by atoms with Gasteiger partial charge in [0.2, 0.25) is 0 Å². The van der Waals surface area contributed by atoms with Gasteiger partial charge in [-0.25, -0.2) is 0 Å². The van der Waals surface area contributed by atoms with Crippen molar-refractivity contribution >= 4 is 5.69 Å². The molecule has 5 nitrogen and oxygen atoms in total. The van der Waals surface area contributed by atoms with Gasteiger partial charge in [-0.05, 0) is 6.07 Å². The van der Waals surface area contributed by atoms with Crippen LogP contribution in [0, 0.1) is 10.1 Å². The van der Waals surface area contributed by atoms with Crippen LogP contribution in [0.5, 0.6) is 5.75 Å². The largest absolute Gasteiger partial charge is 0.507 e. The molecule has 64 valence electrons. The second-order valence-corrected chi connectivity index (χ2v) is 2.23. The van der Waals surface area contributed by atoms with Crippen molar-refractivity contribution in [3.63, 3.8) is 0 Å². The molecule has 12 heavy (non-hydrogen) atoms. The van der Waals surface area contributed by atoms with Gasteiger partial charge >= 0.3 is 0 Å². The normalized spacial score (nSPS) is 9.75. The highest BCUT2D eigenvalue weighted by molar-refractivity contribution is 5.42. The second kappa shape index (κ2) is 3.19. The summed E-state index contributed by atoms with van der Waals surface area (Å²) in [7, 11) is 0. The topological polar surface area (TPSA) is 83.6 Å². The lowest BCUT2D eigenvalue weighted by molar-refractivity contribution is -0.384. The Morgan fingerprint density at radius 3 is 2.67 bits per heavy atom. The molecule has 0 aliphatic rings. The van der Waals surface area contributed by atoms with Crippen LogP contribution >= 0.6 is 0 Å². The SMILES string of the molecule is O=[N+]([O-])c1ccc(C[18OH])c(O)c1. The molecule has 0 radical (unpaired) electrons. The number of hydrogen-bond acceptors (Lipinski definition) is 4. The minimum atomic E-state index is -0.610. The lowest BCUT2D eigenvalue weighted by atomic mass is 10.2. The molecule has 0 bridgehead atoms. The van der Waals surface area contributed by atoms with Gasteiger partial charge in [-0.2, -0.15) is 0 Å². The summed E-state index contributed by atoms with van der Waals surface area (Å²) in [4.78, 5) is 9.57. The fourth-order valence-corrected chi connectivity index (χ4v) is 0.800. The average Bonchev–Trinajstić information content (AvgIpc) is 2.04. The summed E-state index contributed by atoms with van der Waals surface area (Å²) in [6.45, 7) is -0.330. The molecule has 1 rings (SSSR count). The lowest BCUT2D eigenvalue weighted by Gasteiger charge is -1.98. The number of aliphatic hydroxyl groups excluding tert-OH is 1. The van der Waals surface area contributed by atoms with E-state index in [1.807, 2.05) is 0 Å². The Kier molecular flexibility index (Phi) is 2.25. The van der Waals surface area contributed by atoms with E-state index in [0.717, 1.165) is 6.07 Å². The second-order valence-electron chi connectivity index (χ2n) is 2.23. The third-order valence-electron chi connectivity index (χ3n) is 1.45. The van der Waals surface area contributed by atoms with Crippen molar-refractivity contribution < 1.29 is 15.1 Å². The monoisotopic (exact) mass is 171 g/mol. The predicted molar refractivity (Wildman–Crippen MR) is 40.7 cm³/mol. The molecular formula is C7H7NO4. The first-order valence-electron chi connectivity index (χ1n) is 3.22. The molecule has 0 fully saturated rings. The van der Waals surface area contributed by atoms with Gasteiger partial charge in [0.15, 0.2) is 0 Å². The number of aliphatic hydroxyl groups is 1. The highest BCUT2D eigenvalue weighted by atomic mass is 18.2. The van der Waals surface area contributed by atoms with E-state index in [-0.39, 0.29) is 23.6 Å². The van der Waals surface area contributed by atoms with E-state index in [0.29, 0.717) is 0 Å². The van der Waals surface area contributed by atoms with Crippen molar-refractivity contribution in [2.24, 2.45) is 0 Å². The number of phenols is 1. The number of non-ortho nitro benzene ring substituents is 1. The summed E-state index contributed by atoms with van der Waals surface area (Å²) >= 11 is 0. The number of benzene rings is 1. The van der Waals surface area contributed by atoms with Gasteiger partial charge < -0.3 is 10.2 Å². The van der Waals surface area contributed by atoms with E-state index in [1.54, 1.807) is 0 Å². The maximum Gasteiger partial charge on any atom is 0.273 e. The van der Waals surface area contributed by atoms with Crippen LogP contribution in [0.4, 0.5) is 5.69 Å². The van der Waals surface area contributed by atoms with Crippen molar-refractivity contribution in [3.8, 4) is 5.75 Å². The van der Waals surface area contributed by atoms with Crippen molar-refractivity contribution in [3.05, 3.63) is 33.9 Å². The van der Waals surface area contributed by atoms with Crippen molar-refractivity contribution in [2.75, 3.05) is 0 Å². The van der Waals surface area contributed by atoms with Gasteiger partial charge in [0.25, 0.3) is 5.69 Å². The number of nitrogens with zero attached hydrogens (tertiary/aromatic N) is 1. The lowest BCUT2D eigenvalue weighted by Crippen LogP contribution is -1.89. The number of hydrogen-bond donors (Lipinski definition) is 2. The van der Waals surface area contributed by atoms with Gasteiger partial charge in [0, 0.05) is 11.6 Å². The Bertz CT molecular complexity index is 310. The molecular weight excluding hydrogens is 164 g/mol. The zero-order valence-corrected chi connectivity index (χ0v) is 6.10. The Labute approximate surface area is 68.0 Å². The third-order valence-corrected chi connectivity index (χ3v) is 1.45. The van der Waals surface area contributed by atoms with Crippen LogP contribution < -0.4 is 0 Å². The van der Waals surface area contributed by atoms with Crippen LogP contribution in [0.2, 0.25) is 0 Å². The molecule has 0 saturated carbocycles. The third kappa shape index (κ3) is 1.51. The van der Waals surface area contributed by atoms with Crippen molar-refractivity contribution in [1.82, 2.24) is 0 Å². The number of nitro groups is 1. The van der Waals surface area contributed by atoms with Gasteiger partial charge in [-0.1, -0.05) is 0 Å². The molecule has 0 heterocycles. The first-order valence-corrected chi connectivity index (χ1v) is 3.22. The Morgan fingerprint density at radius 1 is 1.58 bits per heavy atom. The molecule has 0 atom stereocenters. The summed E-state index contributed by atoms with van der Waals surface area (Å²) in [6.07, 6.45) is 0. The van der Waals surface area contributed by atoms with Crippen LogP contribution in [-0.2, 0) is 6.61 Å². The highest BCUT2D eigenvalue weighted by Gasteiger charge is 2.08. The van der Waals surface area contributed by atoms with E-state index in [9.17, 15) is 10.1 Å². The molecule has 0 spiro atoms. The molecule has 0 saturated heterocycles. The summed E-state index contributed by atoms with van der Waals surface area (Å²) in [6, 6.07) is 3.55. The first kappa shape index (κ1) is 8.48. The summed E-state index contributed by atoms with van der Waals surface area (Å²) in [5.74, 6) is -0.258. The quantitative estimate of drug-likeness (QED) is 0.391. The van der Waals surface area contributed by atoms with Crippen LogP contribution in [0.1, 0.15) is 5.56 Å². The average molecular weight is 171 g/mol. The predicted octanol–water partition coefficient (Wildman–Crippen LogP) is 0.793. The summed E-state index contributed by atoms with van der Waals surface area (Å²) in [5, 5.41) is 27.9.